The van der Waals surface area contributed by atoms with Crippen molar-refractivity contribution in [3.8, 4) is 0 Å². The predicted octanol–water partition coefficient (Wildman–Crippen LogP) is 0.537. The van der Waals surface area contributed by atoms with E-state index in [4.69, 9.17) is 29.0 Å². The van der Waals surface area contributed by atoms with E-state index >= 15 is 0 Å². The molecule has 138 valence electrons. The van der Waals surface area contributed by atoms with Crippen molar-refractivity contribution in [1.82, 2.24) is 5.32 Å². The smallest absolute Gasteiger partial charge is 0.352 e. The first-order chi connectivity index (χ1) is 11.1. The fourth-order valence-corrected chi connectivity index (χ4v) is 2.01. The summed E-state index contributed by atoms with van der Waals surface area (Å²) in [5.74, 6) is -0.0690. The average Bonchev–Trinajstić information content (AvgIpc) is 2.46. The number of amides is 1. The molecule has 0 aromatic heterocycles. The Kier molecular flexibility index (Phi) is 11.2. The van der Waals surface area contributed by atoms with E-state index in [1.54, 1.807) is 0 Å². The molecule has 0 bridgehead atoms. The molecule has 2 atom stereocenters. The summed E-state index contributed by atoms with van der Waals surface area (Å²) in [6, 6.07) is 9.78. The molecular weight excluding hydrogens is 334 g/mol. The average molecular weight is 361 g/mol. The molecule has 1 amide bonds. The number of carbonyl (C=O) groups excluding carboxylic acids is 1. The Hall–Kier alpha value is -1.52. The van der Waals surface area contributed by atoms with E-state index in [-0.39, 0.29) is 11.9 Å². The molecule has 0 heterocycles. The fourth-order valence-electron chi connectivity index (χ4n) is 2.01. The van der Waals surface area contributed by atoms with Crippen molar-refractivity contribution in [3.05, 3.63) is 35.9 Å². The Morgan fingerprint density at radius 1 is 1.21 bits per heavy atom. The zero-order valence-corrected chi connectivity index (χ0v) is 14.6. The highest BCUT2D eigenvalue weighted by Gasteiger charge is 2.15. The van der Waals surface area contributed by atoms with Gasteiger partial charge in [0.1, 0.15) is 0 Å². The van der Waals surface area contributed by atoms with Crippen LogP contribution in [0.5, 0.6) is 0 Å². The second kappa shape index (κ2) is 11.9. The molecule has 0 aliphatic rings. The van der Waals surface area contributed by atoms with Crippen molar-refractivity contribution >= 4 is 16.3 Å². The number of rotatable bonds is 8. The third-order valence-electron chi connectivity index (χ3n) is 3.08. The molecule has 0 unspecified atom stereocenters. The third-order valence-corrected chi connectivity index (χ3v) is 3.08. The molecule has 0 radical (unpaired) electrons. The zero-order chi connectivity index (χ0) is 18.6. The lowest BCUT2D eigenvalue weighted by atomic mass is 10.1. The van der Waals surface area contributed by atoms with Gasteiger partial charge in [0.25, 0.3) is 0 Å². The van der Waals surface area contributed by atoms with Crippen LogP contribution >= 0.6 is 0 Å². The van der Waals surface area contributed by atoms with Gasteiger partial charge in [0, 0.05) is 6.04 Å². The number of nitrogens with two attached hydrogens (primary N) is 2. The van der Waals surface area contributed by atoms with Gasteiger partial charge in [-0.2, -0.15) is 8.42 Å². The lowest BCUT2D eigenvalue weighted by molar-refractivity contribution is -0.123. The summed E-state index contributed by atoms with van der Waals surface area (Å²) < 4.78 is 31.6. The summed E-state index contributed by atoms with van der Waals surface area (Å²) >= 11 is 0. The molecule has 0 spiro atoms. The quantitative estimate of drug-likeness (QED) is 0.334. The first-order valence-electron chi connectivity index (χ1n) is 7.63. The van der Waals surface area contributed by atoms with Gasteiger partial charge in [-0.05, 0) is 38.3 Å². The Labute approximate surface area is 143 Å². The van der Waals surface area contributed by atoms with E-state index in [9.17, 15) is 4.79 Å². The van der Waals surface area contributed by atoms with Crippen LogP contribution in [0.25, 0.3) is 0 Å². The molecule has 0 saturated carbocycles. The first kappa shape index (κ1) is 22.5. The van der Waals surface area contributed by atoms with Gasteiger partial charge in [-0.15, -0.1) is 0 Å². The van der Waals surface area contributed by atoms with E-state index in [1.165, 1.54) is 5.56 Å². The Balaban J connectivity index is 0.000000922. The van der Waals surface area contributed by atoms with Gasteiger partial charge in [0.15, 0.2) is 0 Å². The topological polar surface area (TPSA) is 156 Å². The number of hydrogen-bond donors (Lipinski definition) is 5. The van der Waals surface area contributed by atoms with Gasteiger partial charge in [-0.25, -0.2) is 0 Å². The fraction of sp³-hybridized carbons (Fsp3) is 0.533. The lowest BCUT2D eigenvalue weighted by Crippen LogP contribution is -2.45. The lowest BCUT2D eigenvalue weighted by Gasteiger charge is -2.17. The third kappa shape index (κ3) is 14.1. The van der Waals surface area contributed by atoms with Crippen molar-refractivity contribution in [3.63, 3.8) is 0 Å². The summed E-state index contributed by atoms with van der Waals surface area (Å²) in [5, 5.41) is 2.96. The Morgan fingerprint density at radius 3 is 2.25 bits per heavy atom. The normalized spacial score (nSPS) is 13.4. The SMILES string of the molecule is C[C@@H](Cc1ccccc1)NC(=O)[C@@H](N)CCCCN.O=S(=O)(O)O. The number of hydrogen-bond acceptors (Lipinski definition) is 5. The van der Waals surface area contributed by atoms with Crippen LogP contribution in [0, 0.1) is 0 Å². The molecule has 7 N–H and O–H groups in total. The summed E-state index contributed by atoms with van der Waals surface area (Å²) in [6.07, 6.45) is 3.34. The second-order valence-electron chi connectivity index (χ2n) is 5.44. The molecule has 1 rings (SSSR count). The number of benzene rings is 1. The van der Waals surface area contributed by atoms with Crippen LogP contribution in [0.3, 0.4) is 0 Å². The summed E-state index contributed by atoms with van der Waals surface area (Å²) in [5.41, 5.74) is 12.5. The van der Waals surface area contributed by atoms with Crippen LogP contribution in [-0.4, -0.2) is 42.1 Å². The maximum Gasteiger partial charge on any atom is 0.394 e. The van der Waals surface area contributed by atoms with E-state index in [2.05, 4.69) is 17.4 Å². The van der Waals surface area contributed by atoms with Crippen LogP contribution in [0.15, 0.2) is 30.3 Å². The summed E-state index contributed by atoms with van der Waals surface area (Å²) in [7, 11) is -4.67. The number of nitrogens with one attached hydrogen (secondary N) is 1. The molecule has 0 fully saturated rings. The zero-order valence-electron chi connectivity index (χ0n) is 13.8. The number of unbranched alkanes of at least 4 members (excludes halogenated alkanes) is 1. The largest absolute Gasteiger partial charge is 0.394 e. The van der Waals surface area contributed by atoms with Crippen molar-refractivity contribution in [2.24, 2.45) is 11.5 Å². The van der Waals surface area contributed by atoms with Gasteiger partial charge in [-0.1, -0.05) is 36.8 Å². The molecule has 1 aromatic rings. The maximum atomic E-state index is 11.9. The summed E-state index contributed by atoms with van der Waals surface area (Å²) in [4.78, 5) is 11.9. The van der Waals surface area contributed by atoms with Gasteiger partial charge in [-0.3, -0.25) is 13.9 Å². The van der Waals surface area contributed by atoms with Crippen LogP contribution in [0.2, 0.25) is 0 Å². The van der Waals surface area contributed by atoms with Crippen molar-refractivity contribution in [1.29, 1.82) is 0 Å². The predicted molar refractivity (Wildman–Crippen MR) is 92.8 cm³/mol. The van der Waals surface area contributed by atoms with E-state index in [0.29, 0.717) is 13.0 Å². The van der Waals surface area contributed by atoms with Crippen LogP contribution in [0.1, 0.15) is 31.7 Å². The van der Waals surface area contributed by atoms with Crippen LogP contribution < -0.4 is 16.8 Å². The summed E-state index contributed by atoms with van der Waals surface area (Å²) in [6.45, 7) is 2.65. The highest BCUT2D eigenvalue weighted by Crippen LogP contribution is 2.04. The highest BCUT2D eigenvalue weighted by molar-refractivity contribution is 7.79. The monoisotopic (exact) mass is 361 g/mol. The van der Waals surface area contributed by atoms with Gasteiger partial charge in [0.05, 0.1) is 6.04 Å². The Morgan fingerprint density at radius 2 is 1.75 bits per heavy atom. The molecule has 8 nitrogen and oxygen atoms in total. The van der Waals surface area contributed by atoms with Crippen molar-refractivity contribution in [2.45, 2.75) is 44.7 Å². The number of carbonyl (C=O) groups is 1. The Bertz CT molecular complexity index is 558. The van der Waals surface area contributed by atoms with E-state index in [0.717, 1.165) is 19.3 Å². The minimum atomic E-state index is -4.67. The van der Waals surface area contributed by atoms with E-state index < -0.39 is 16.4 Å². The van der Waals surface area contributed by atoms with Crippen LogP contribution in [0.4, 0.5) is 0 Å². The minimum absolute atomic E-state index is 0.0690. The van der Waals surface area contributed by atoms with Crippen molar-refractivity contribution < 1.29 is 22.3 Å². The molecule has 0 aliphatic heterocycles. The van der Waals surface area contributed by atoms with E-state index in [1.807, 2.05) is 25.1 Å². The molecular formula is C15H27N3O5S. The van der Waals surface area contributed by atoms with Crippen LogP contribution in [-0.2, 0) is 21.6 Å². The molecule has 9 heteroatoms. The molecule has 0 aliphatic carbocycles. The van der Waals surface area contributed by atoms with Gasteiger partial charge < -0.3 is 16.8 Å². The van der Waals surface area contributed by atoms with Gasteiger partial charge >= 0.3 is 10.4 Å². The van der Waals surface area contributed by atoms with Crippen molar-refractivity contribution in [2.75, 3.05) is 6.54 Å². The highest BCUT2D eigenvalue weighted by atomic mass is 32.3. The standard InChI is InChI=1S/C15H25N3O.H2O4S/c1-12(11-13-7-3-2-4-8-13)18-15(19)14(17)9-5-6-10-16;1-5(2,3)4/h2-4,7-8,12,14H,5-6,9-11,16-17H2,1H3,(H,18,19);(H2,1,2,3,4)/t12-,14-;/m0./s1. The maximum absolute atomic E-state index is 11.9. The molecule has 0 saturated heterocycles. The first-order valence-corrected chi connectivity index (χ1v) is 9.03. The molecule has 24 heavy (non-hydrogen) atoms. The minimum Gasteiger partial charge on any atom is -0.352 e. The molecule has 1 aromatic carbocycles. The van der Waals surface area contributed by atoms with Gasteiger partial charge in [0.2, 0.25) is 5.91 Å². The second-order valence-corrected chi connectivity index (χ2v) is 6.33.